The predicted octanol–water partition coefficient (Wildman–Crippen LogP) is 4.47. The normalized spacial score (nSPS) is 10.1. The Kier molecular flexibility index (Phi) is 4.61. The van der Waals surface area contributed by atoms with Gasteiger partial charge in [-0.25, -0.2) is 0 Å². The molecule has 0 aliphatic carbocycles. The number of nitrogens with one attached hydrogen (secondary N) is 1. The topological polar surface area (TPSA) is 38.3 Å². The van der Waals surface area contributed by atoms with Crippen LogP contribution in [0.4, 0.5) is 5.69 Å². The summed E-state index contributed by atoms with van der Waals surface area (Å²) in [7, 11) is 1.59. The van der Waals surface area contributed by atoms with Crippen LogP contribution in [0.5, 0.6) is 5.75 Å². The molecule has 1 amide bonds. The molecule has 0 aliphatic rings. The summed E-state index contributed by atoms with van der Waals surface area (Å²) in [6.07, 6.45) is 0. The van der Waals surface area contributed by atoms with Crippen molar-refractivity contribution in [1.29, 1.82) is 0 Å². The molecule has 0 bridgehead atoms. The third kappa shape index (κ3) is 3.81. The van der Waals surface area contributed by atoms with Crippen LogP contribution < -0.4 is 10.1 Å². The number of amides is 1. The van der Waals surface area contributed by atoms with Crippen LogP contribution >= 0.6 is 31.9 Å². The SMILES string of the molecule is COc1cccc(NC(=O)c2cc(Br)cc(Br)c2)c1. The lowest BCUT2D eigenvalue weighted by Gasteiger charge is -2.07. The average Bonchev–Trinajstić information content (AvgIpc) is 2.37. The number of methoxy groups -OCH3 is 1. The Hall–Kier alpha value is -1.33. The van der Waals surface area contributed by atoms with Crippen LogP contribution in [0.25, 0.3) is 0 Å². The summed E-state index contributed by atoms with van der Waals surface area (Å²) in [6.45, 7) is 0. The molecule has 2 rings (SSSR count). The molecule has 0 unspecified atom stereocenters. The highest BCUT2D eigenvalue weighted by atomic mass is 79.9. The largest absolute Gasteiger partial charge is 0.497 e. The van der Waals surface area contributed by atoms with Crippen LogP contribution in [0.2, 0.25) is 0 Å². The molecule has 0 heterocycles. The van der Waals surface area contributed by atoms with Gasteiger partial charge in [0, 0.05) is 26.3 Å². The second-order valence-corrected chi connectivity index (χ2v) is 5.68. The highest BCUT2D eigenvalue weighted by molar-refractivity contribution is 9.11. The Labute approximate surface area is 128 Å². The first-order chi connectivity index (χ1) is 9.08. The first-order valence-electron chi connectivity index (χ1n) is 5.50. The van der Waals surface area contributed by atoms with Crippen molar-refractivity contribution < 1.29 is 9.53 Å². The standard InChI is InChI=1S/C14H11Br2NO2/c1-19-13-4-2-3-12(8-13)17-14(18)9-5-10(15)7-11(16)6-9/h2-8H,1H3,(H,17,18). The molecule has 98 valence electrons. The summed E-state index contributed by atoms with van der Waals surface area (Å²) in [5, 5.41) is 2.83. The number of ether oxygens (including phenoxy) is 1. The third-order valence-corrected chi connectivity index (χ3v) is 3.37. The zero-order valence-electron chi connectivity index (χ0n) is 10.1. The van der Waals surface area contributed by atoms with Crippen molar-refractivity contribution in [3.8, 4) is 5.75 Å². The number of carbonyl (C=O) groups is 1. The van der Waals surface area contributed by atoms with E-state index in [-0.39, 0.29) is 5.91 Å². The van der Waals surface area contributed by atoms with Crippen molar-refractivity contribution in [2.45, 2.75) is 0 Å². The number of halogens is 2. The quantitative estimate of drug-likeness (QED) is 0.847. The summed E-state index contributed by atoms with van der Waals surface area (Å²) >= 11 is 6.72. The fourth-order valence-electron chi connectivity index (χ4n) is 1.59. The maximum absolute atomic E-state index is 12.1. The molecule has 5 heteroatoms. The Bertz CT molecular complexity index is 594. The lowest BCUT2D eigenvalue weighted by molar-refractivity contribution is 0.102. The van der Waals surface area contributed by atoms with Crippen molar-refractivity contribution in [1.82, 2.24) is 0 Å². The van der Waals surface area contributed by atoms with E-state index >= 15 is 0 Å². The van der Waals surface area contributed by atoms with E-state index in [4.69, 9.17) is 4.74 Å². The van der Waals surface area contributed by atoms with Gasteiger partial charge in [0.15, 0.2) is 0 Å². The number of hydrogen-bond acceptors (Lipinski definition) is 2. The Morgan fingerprint density at radius 3 is 2.42 bits per heavy atom. The van der Waals surface area contributed by atoms with E-state index in [0.717, 1.165) is 8.95 Å². The lowest BCUT2D eigenvalue weighted by atomic mass is 10.2. The molecule has 0 radical (unpaired) electrons. The fraction of sp³-hybridized carbons (Fsp3) is 0.0714. The molecule has 0 saturated carbocycles. The molecule has 2 aromatic carbocycles. The minimum Gasteiger partial charge on any atom is -0.497 e. The number of carbonyl (C=O) groups excluding carboxylic acids is 1. The second-order valence-electron chi connectivity index (χ2n) is 3.84. The van der Waals surface area contributed by atoms with Crippen molar-refractivity contribution in [2.24, 2.45) is 0 Å². The van der Waals surface area contributed by atoms with Crippen molar-refractivity contribution in [3.05, 3.63) is 57.0 Å². The minimum absolute atomic E-state index is 0.171. The summed E-state index contributed by atoms with van der Waals surface area (Å²) in [5.74, 6) is 0.531. The van der Waals surface area contributed by atoms with Crippen LogP contribution in [0.3, 0.4) is 0 Å². The molecule has 0 aromatic heterocycles. The van der Waals surface area contributed by atoms with E-state index in [9.17, 15) is 4.79 Å². The van der Waals surface area contributed by atoms with Crippen LogP contribution in [0.15, 0.2) is 51.4 Å². The van der Waals surface area contributed by atoms with Gasteiger partial charge >= 0.3 is 0 Å². The van der Waals surface area contributed by atoms with Crippen LogP contribution in [-0.4, -0.2) is 13.0 Å². The Morgan fingerprint density at radius 1 is 1.11 bits per heavy atom. The van der Waals surface area contributed by atoms with Gasteiger partial charge < -0.3 is 10.1 Å². The minimum atomic E-state index is -0.171. The molecule has 0 saturated heterocycles. The molecule has 0 atom stereocenters. The predicted molar refractivity (Wildman–Crippen MR) is 82.8 cm³/mol. The van der Waals surface area contributed by atoms with Crippen molar-refractivity contribution in [2.75, 3.05) is 12.4 Å². The molecule has 1 N–H and O–H groups in total. The first-order valence-corrected chi connectivity index (χ1v) is 7.08. The van der Waals surface area contributed by atoms with E-state index < -0.39 is 0 Å². The number of rotatable bonds is 3. The average molecular weight is 385 g/mol. The van der Waals surface area contributed by atoms with Crippen LogP contribution in [0, 0.1) is 0 Å². The Morgan fingerprint density at radius 2 is 1.79 bits per heavy atom. The van der Waals surface area contributed by atoms with E-state index in [2.05, 4.69) is 37.2 Å². The second kappa shape index (κ2) is 6.21. The highest BCUT2D eigenvalue weighted by Crippen LogP contribution is 2.22. The summed E-state index contributed by atoms with van der Waals surface area (Å²) < 4.78 is 6.80. The molecule has 3 nitrogen and oxygen atoms in total. The first kappa shape index (κ1) is 14.1. The van der Waals surface area contributed by atoms with E-state index in [1.807, 2.05) is 24.3 Å². The van der Waals surface area contributed by atoms with Gasteiger partial charge in [-0.2, -0.15) is 0 Å². The molecular weight excluding hydrogens is 374 g/mol. The summed E-state index contributed by atoms with van der Waals surface area (Å²) in [4.78, 5) is 12.1. The smallest absolute Gasteiger partial charge is 0.255 e. The number of anilines is 1. The van der Waals surface area contributed by atoms with Gasteiger partial charge in [-0.1, -0.05) is 37.9 Å². The number of hydrogen-bond donors (Lipinski definition) is 1. The zero-order valence-corrected chi connectivity index (χ0v) is 13.3. The monoisotopic (exact) mass is 383 g/mol. The van der Waals surface area contributed by atoms with Gasteiger partial charge in [0.2, 0.25) is 0 Å². The third-order valence-electron chi connectivity index (χ3n) is 2.45. The van der Waals surface area contributed by atoms with Gasteiger partial charge in [-0.15, -0.1) is 0 Å². The Balaban J connectivity index is 2.20. The summed E-state index contributed by atoms with van der Waals surface area (Å²) in [5.41, 5.74) is 1.27. The van der Waals surface area contributed by atoms with Gasteiger partial charge in [-0.05, 0) is 30.3 Å². The molecular formula is C14H11Br2NO2. The van der Waals surface area contributed by atoms with E-state index in [1.165, 1.54) is 0 Å². The zero-order chi connectivity index (χ0) is 13.8. The van der Waals surface area contributed by atoms with Crippen LogP contribution in [-0.2, 0) is 0 Å². The van der Waals surface area contributed by atoms with E-state index in [0.29, 0.717) is 17.0 Å². The van der Waals surface area contributed by atoms with Gasteiger partial charge in [0.25, 0.3) is 5.91 Å². The maximum atomic E-state index is 12.1. The van der Waals surface area contributed by atoms with Crippen LogP contribution in [0.1, 0.15) is 10.4 Å². The number of benzene rings is 2. The molecule has 2 aromatic rings. The van der Waals surface area contributed by atoms with Gasteiger partial charge in [-0.3, -0.25) is 4.79 Å². The lowest BCUT2D eigenvalue weighted by Crippen LogP contribution is -2.11. The summed E-state index contributed by atoms with van der Waals surface area (Å²) in [6, 6.07) is 12.6. The molecule has 0 fully saturated rings. The van der Waals surface area contributed by atoms with Gasteiger partial charge in [0.05, 0.1) is 7.11 Å². The highest BCUT2D eigenvalue weighted by Gasteiger charge is 2.08. The fourth-order valence-corrected chi connectivity index (χ4v) is 2.88. The van der Waals surface area contributed by atoms with Crippen molar-refractivity contribution >= 4 is 43.5 Å². The van der Waals surface area contributed by atoms with Gasteiger partial charge in [0.1, 0.15) is 5.75 Å². The maximum Gasteiger partial charge on any atom is 0.255 e. The molecule has 0 aliphatic heterocycles. The van der Waals surface area contributed by atoms with E-state index in [1.54, 1.807) is 25.3 Å². The molecule has 19 heavy (non-hydrogen) atoms. The van der Waals surface area contributed by atoms with Crippen molar-refractivity contribution in [3.63, 3.8) is 0 Å². The molecule has 0 spiro atoms.